The largest absolute Gasteiger partial charge is 0.495 e. The zero-order valence-corrected chi connectivity index (χ0v) is 17.4. The highest BCUT2D eigenvalue weighted by Gasteiger charge is 2.40. The third-order valence-corrected chi connectivity index (χ3v) is 5.73. The van der Waals surface area contributed by atoms with Gasteiger partial charge >= 0.3 is 0 Å². The van der Waals surface area contributed by atoms with Crippen LogP contribution in [0.15, 0.2) is 65.7 Å². The first-order valence-corrected chi connectivity index (χ1v) is 10.2. The summed E-state index contributed by atoms with van der Waals surface area (Å²) >= 11 is 7.47. The molecule has 4 rings (SSSR count). The molecule has 1 aliphatic rings. The number of halogens is 2. The summed E-state index contributed by atoms with van der Waals surface area (Å²) in [5.74, 6) is -0.801. The second-order valence-electron chi connectivity index (χ2n) is 6.52. The van der Waals surface area contributed by atoms with E-state index in [4.69, 9.17) is 16.3 Å². The fourth-order valence-corrected chi connectivity index (χ4v) is 4.11. The number of carbonyl (C=O) groups is 2. The predicted molar refractivity (Wildman–Crippen MR) is 115 cm³/mol. The number of anilines is 1. The molecule has 0 unspecified atom stereocenters. The van der Waals surface area contributed by atoms with E-state index in [9.17, 15) is 14.0 Å². The molecule has 3 aromatic rings. The summed E-state index contributed by atoms with van der Waals surface area (Å²) in [7, 11) is 1.51. The summed E-state index contributed by atoms with van der Waals surface area (Å²) < 4.78 is 18.6. The fourth-order valence-electron chi connectivity index (χ4n) is 3.17. The SMILES string of the molecule is COc1ccc(Cl)cc1NC1=C(c2cccs2)C(=O)N(Cc2ccc(F)cc2)C1=O. The van der Waals surface area contributed by atoms with Gasteiger partial charge in [-0.2, -0.15) is 0 Å². The molecule has 0 bridgehead atoms. The van der Waals surface area contributed by atoms with Crippen LogP contribution in [-0.4, -0.2) is 23.8 Å². The van der Waals surface area contributed by atoms with Gasteiger partial charge in [-0.3, -0.25) is 14.5 Å². The van der Waals surface area contributed by atoms with Gasteiger partial charge < -0.3 is 10.1 Å². The summed E-state index contributed by atoms with van der Waals surface area (Å²) in [5.41, 5.74) is 1.54. The van der Waals surface area contributed by atoms with Gasteiger partial charge in [0, 0.05) is 9.90 Å². The molecule has 1 N–H and O–H groups in total. The molecule has 2 aromatic carbocycles. The average molecular weight is 443 g/mol. The van der Waals surface area contributed by atoms with Gasteiger partial charge in [-0.15, -0.1) is 11.3 Å². The fraction of sp³-hybridized carbons (Fsp3) is 0.0909. The van der Waals surface area contributed by atoms with Crippen LogP contribution in [0.3, 0.4) is 0 Å². The molecule has 5 nitrogen and oxygen atoms in total. The molecule has 0 radical (unpaired) electrons. The van der Waals surface area contributed by atoms with E-state index >= 15 is 0 Å². The molecular formula is C22H16ClFN2O3S. The van der Waals surface area contributed by atoms with Gasteiger partial charge in [0.2, 0.25) is 0 Å². The van der Waals surface area contributed by atoms with Crippen LogP contribution >= 0.6 is 22.9 Å². The summed E-state index contributed by atoms with van der Waals surface area (Å²) in [6, 6.07) is 14.2. The molecule has 30 heavy (non-hydrogen) atoms. The highest BCUT2D eigenvalue weighted by atomic mass is 35.5. The van der Waals surface area contributed by atoms with E-state index in [0.717, 1.165) is 4.90 Å². The number of nitrogens with zero attached hydrogens (tertiary/aromatic N) is 1. The van der Waals surface area contributed by atoms with Crippen molar-refractivity contribution in [3.8, 4) is 5.75 Å². The van der Waals surface area contributed by atoms with E-state index in [1.54, 1.807) is 36.4 Å². The Kier molecular flexibility index (Phi) is 5.57. The van der Waals surface area contributed by atoms with E-state index in [2.05, 4.69) is 5.32 Å². The first-order chi connectivity index (χ1) is 14.5. The van der Waals surface area contributed by atoms with Crippen LogP contribution in [0.1, 0.15) is 10.4 Å². The van der Waals surface area contributed by atoms with Gasteiger partial charge in [0.15, 0.2) is 0 Å². The number of thiophene rings is 1. The highest BCUT2D eigenvalue weighted by Crippen LogP contribution is 2.36. The Morgan fingerprint density at radius 2 is 1.87 bits per heavy atom. The maximum absolute atomic E-state index is 13.2. The van der Waals surface area contributed by atoms with E-state index in [0.29, 0.717) is 26.9 Å². The Hall–Kier alpha value is -3.16. The van der Waals surface area contributed by atoms with E-state index in [-0.39, 0.29) is 23.6 Å². The smallest absolute Gasteiger partial charge is 0.278 e. The molecule has 0 fully saturated rings. The Labute approximate surface area is 181 Å². The molecule has 8 heteroatoms. The first-order valence-electron chi connectivity index (χ1n) is 8.97. The Morgan fingerprint density at radius 1 is 1.10 bits per heavy atom. The summed E-state index contributed by atoms with van der Waals surface area (Å²) in [6.07, 6.45) is 0. The number of imide groups is 1. The maximum atomic E-state index is 13.2. The molecule has 1 aliphatic heterocycles. The summed E-state index contributed by atoms with van der Waals surface area (Å²) in [4.78, 5) is 28.2. The van der Waals surface area contributed by atoms with Crippen LogP contribution < -0.4 is 10.1 Å². The van der Waals surface area contributed by atoms with Crippen LogP contribution in [0.5, 0.6) is 5.75 Å². The molecule has 1 aromatic heterocycles. The predicted octanol–water partition coefficient (Wildman–Crippen LogP) is 4.94. The number of rotatable bonds is 6. The minimum absolute atomic E-state index is 0.0324. The van der Waals surface area contributed by atoms with Crippen molar-refractivity contribution in [2.45, 2.75) is 6.54 Å². The minimum Gasteiger partial charge on any atom is -0.495 e. The highest BCUT2D eigenvalue weighted by molar-refractivity contribution is 7.11. The third-order valence-electron chi connectivity index (χ3n) is 4.61. The van der Waals surface area contributed by atoms with Crippen LogP contribution in [0, 0.1) is 5.82 Å². The van der Waals surface area contributed by atoms with Gasteiger partial charge in [-0.05, 0) is 47.3 Å². The lowest BCUT2D eigenvalue weighted by molar-refractivity contribution is -0.137. The molecule has 152 valence electrons. The molecular weight excluding hydrogens is 427 g/mol. The molecule has 2 amide bonds. The lowest BCUT2D eigenvalue weighted by Crippen LogP contribution is -2.32. The van der Waals surface area contributed by atoms with Gasteiger partial charge in [-0.1, -0.05) is 29.8 Å². The van der Waals surface area contributed by atoms with Crippen LogP contribution in [-0.2, 0) is 16.1 Å². The standard InChI is InChI=1S/C22H16ClFN2O3S/c1-29-17-9-6-14(23)11-16(17)25-20-19(18-3-2-10-30-18)21(27)26(22(20)28)12-13-4-7-15(24)8-5-13/h2-11,25H,12H2,1H3. The Morgan fingerprint density at radius 3 is 2.53 bits per heavy atom. The number of methoxy groups -OCH3 is 1. The lowest BCUT2D eigenvalue weighted by atomic mass is 10.1. The zero-order chi connectivity index (χ0) is 21.3. The Bertz CT molecular complexity index is 1140. The van der Waals surface area contributed by atoms with Crippen molar-refractivity contribution in [2.24, 2.45) is 0 Å². The lowest BCUT2D eigenvalue weighted by Gasteiger charge is -2.16. The van der Waals surface area contributed by atoms with E-state index in [1.807, 2.05) is 11.4 Å². The molecule has 0 spiro atoms. The van der Waals surface area contributed by atoms with Crippen molar-refractivity contribution in [3.05, 3.63) is 87.0 Å². The Balaban J connectivity index is 1.73. The van der Waals surface area contributed by atoms with Crippen molar-refractivity contribution in [1.29, 1.82) is 0 Å². The molecule has 0 saturated carbocycles. The third kappa shape index (κ3) is 3.81. The molecule has 2 heterocycles. The van der Waals surface area contributed by atoms with E-state index < -0.39 is 11.8 Å². The number of amides is 2. The van der Waals surface area contributed by atoms with Crippen molar-refractivity contribution in [2.75, 3.05) is 12.4 Å². The van der Waals surface area contributed by atoms with Gasteiger partial charge in [-0.25, -0.2) is 4.39 Å². The van der Waals surface area contributed by atoms with E-state index in [1.165, 1.54) is 30.6 Å². The number of ether oxygens (including phenoxy) is 1. The van der Waals surface area contributed by atoms with Crippen molar-refractivity contribution in [1.82, 2.24) is 4.90 Å². The minimum atomic E-state index is -0.477. The molecule has 0 atom stereocenters. The normalized spacial score (nSPS) is 13.9. The topological polar surface area (TPSA) is 58.6 Å². The van der Waals surface area contributed by atoms with Crippen LogP contribution in [0.4, 0.5) is 10.1 Å². The van der Waals surface area contributed by atoms with Crippen LogP contribution in [0.25, 0.3) is 5.57 Å². The van der Waals surface area contributed by atoms with Crippen molar-refractivity contribution in [3.63, 3.8) is 0 Å². The summed E-state index contributed by atoms with van der Waals surface area (Å²) in [6.45, 7) is 0.0324. The first kappa shape index (κ1) is 20.1. The number of hydrogen-bond donors (Lipinski definition) is 1. The monoisotopic (exact) mass is 442 g/mol. The molecule has 0 aliphatic carbocycles. The number of carbonyl (C=O) groups excluding carboxylic acids is 2. The number of benzene rings is 2. The molecule has 0 saturated heterocycles. The van der Waals surface area contributed by atoms with Gasteiger partial charge in [0.1, 0.15) is 17.3 Å². The van der Waals surface area contributed by atoms with Gasteiger partial charge in [0.25, 0.3) is 11.8 Å². The zero-order valence-electron chi connectivity index (χ0n) is 15.8. The number of nitrogens with one attached hydrogen (secondary N) is 1. The van der Waals surface area contributed by atoms with Gasteiger partial charge in [0.05, 0.1) is 24.9 Å². The number of hydrogen-bond acceptors (Lipinski definition) is 5. The maximum Gasteiger partial charge on any atom is 0.278 e. The quantitative estimate of drug-likeness (QED) is 0.549. The van der Waals surface area contributed by atoms with Crippen LogP contribution in [0.2, 0.25) is 5.02 Å². The second-order valence-corrected chi connectivity index (χ2v) is 7.90. The second kappa shape index (κ2) is 8.30. The summed E-state index contributed by atoms with van der Waals surface area (Å²) in [5, 5.41) is 5.34. The van der Waals surface area contributed by atoms with Crippen molar-refractivity contribution >= 4 is 46.0 Å². The average Bonchev–Trinajstić information content (AvgIpc) is 3.33. The van der Waals surface area contributed by atoms with Crippen molar-refractivity contribution < 1.29 is 18.7 Å².